The van der Waals surface area contributed by atoms with Crippen LogP contribution in [0.25, 0.3) is 0 Å². The van der Waals surface area contributed by atoms with Crippen molar-refractivity contribution < 1.29 is 13.6 Å². The van der Waals surface area contributed by atoms with Gasteiger partial charge in [0.05, 0.1) is 5.69 Å². The van der Waals surface area contributed by atoms with E-state index in [-0.39, 0.29) is 11.3 Å². The highest BCUT2D eigenvalue weighted by Crippen LogP contribution is 2.34. The smallest absolute Gasteiger partial charge is 0.246 e. The summed E-state index contributed by atoms with van der Waals surface area (Å²) in [7, 11) is 0. The number of benzene rings is 1. The van der Waals surface area contributed by atoms with E-state index < -0.39 is 23.6 Å². The number of hydrogen-bond acceptors (Lipinski definition) is 2. The van der Waals surface area contributed by atoms with E-state index in [2.05, 4.69) is 10.6 Å². The van der Waals surface area contributed by atoms with Crippen LogP contribution in [0.2, 0.25) is 0 Å². The molecular weight excluding hydrogens is 202 g/mol. The van der Waals surface area contributed by atoms with E-state index >= 15 is 0 Å². The van der Waals surface area contributed by atoms with E-state index in [4.69, 9.17) is 0 Å². The molecule has 2 rings (SSSR count). The maximum Gasteiger partial charge on any atom is 0.246 e. The van der Waals surface area contributed by atoms with Gasteiger partial charge in [-0.15, -0.1) is 0 Å². The minimum atomic E-state index is -0.791. The van der Waals surface area contributed by atoms with Gasteiger partial charge in [-0.1, -0.05) is 6.92 Å². The summed E-state index contributed by atoms with van der Waals surface area (Å²) >= 11 is 0. The minimum absolute atomic E-state index is 0.0500. The molecule has 1 amide bonds. The van der Waals surface area contributed by atoms with E-state index in [0.717, 1.165) is 12.1 Å². The number of likely N-dealkylation sites (N-methyl/N-ethyl adjacent to an activating group) is 1. The molecule has 0 saturated carbocycles. The molecule has 0 aromatic heterocycles. The van der Waals surface area contributed by atoms with Gasteiger partial charge in [-0.3, -0.25) is 4.79 Å². The standard InChI is InChI=1S/C10H10F2N2O/c1-2-13-9-7-5(11)3-4-6(12)8(7)14-10(9)15/h3-4,9,13H,2H2,1H3,(H,14,15). The summed E-state index contributed by atoms with van der Waals surface area (Å²) < 4.78 is 26.7. The number of hydrogen-bond donors (Lipinski definition) is 2. The molecule has 0 fully saturated rings. The molecule has 1 aromatic carbocycles. The number of halogens is 2. The minimum Gasteiger partial charge on any atom is -0.322 e. The van der Waals surface area contributed by atoms with Crippen molar-refractivity contribution in [3.8, 4) is 0 Å². The number of carbonyl (C=O) groups excluding carboxylic acids is 1. The van der Waals surface area contributed by atoms with Crippen LogP contribution in [0.15, 0.2) is 12.1 Å². The predicted octanol–water partition coefficient (Wildman–Crippen LogP) is 1.57. The first-order valence-electron chi connectivity index (χ1n) is 4.67. The van der Waals surface area contributed by atoms with E-state index in [9.17, 15) is 13.6 Å². The molecule has 0 spiro atoms. The van der Waals surface area contributed by atoms with Crippen molar-refractivity contribution in [2.24, 2.45) is 0 Å². The first kappa shape index (κ1) is 10.0. The fraction of sp³-hybridized carbons (Fsp3) is 0.300. The molecule has 1 aliphatic heterocycles. The van der Waals surface area contributed by atoms with Crippen LogP contribution in [0.5, 0.6) is 0 Å². The van der Waals surface area contributed by atoms with Crippen LogP contribution >= 0.6 is 0 Å². The third-order valence-electron chi connectivity index (χ3n) is 2.35. The Bertz CT molecular complexity index is 420. The molecule has 80 valence electrons. The van der Waals surface area contributed by atoms with Crippen LogP contribution in [0, 0.1) is 11.6 Å². The average molecular weight is 212 g/mol. The zero-order valence-electron chi connectivity index (χ0n) is 8.10. The third-order valence-corrected chi connectivity index (χ3v) is 2.35. The molecule has 5 heteroatoms. The summed E-state index contributed by atoms with van der Waals surface area (Å²) in [6.45, 7) is 2.30. The molecule has 1 aliphatic rings. The molecule has 0 saturated heterocycles. The van der Waals surface area contributed by atoms with Gasteiger partial charge < -0.3 is 10.6 Å². The topological polar surface area (TPSA) is 41.1 Å². The lowest BCUT2D eigenvalue weighted by Crippen LogP contribution is -2.27. The number of amides is 1. The van der Waals surface area contributed by atoms with E-state index in [0.29, 0.717) is 6.54 Å². The zero-order chi connectivity index (χ0) is 11.0. The predicted molar refractivity (Wildman–Crippen MR) is 51.4 cm³/mol. The Balaban J connectivity index is 2.52. The Labute approximate surface area is 85.5 Å². The highest BCUT2D eigenvalue weighted by molar-refractivity contribution is 6.02. The lowest BCUT2D eigenvalue weighted by atomic mass is 10.1. The fourth-order valence-electron chi connectivity index (χ4n) is 1.70. The maximum atomic E-state index is 13.4. The van der Waals surface area contributed by atoms with Crippen molar-refractivity contribution in [2.75, 3.05) is 11.9 Å². The summed E-state index contributed by atoms with van der Waals surface area (Å²) in [5.41, 5.74) is 0.0211. The van der Waals surface area contributed by atoms with Crippen molar-refractivity contribution in [3.63, 3.8) is 0 Å². The molecule has 0 aliphatic carbocycles. The number of nitrogens with one attached hydrogen (secondary N) is 2. The van der Waals surface area contributed by atoms with Crippen molar-refractivity contribution in [1.29, 1.82) is 0 Å². The highest BCUT2D eigenvalue weighted by Gasteiger charge is 2.34. The Hall–Kier alpha value is -1.49. The summed E-state index contributed by atoms with van der Waals surface area (Å²) in [6, 6.07) is 1.24. The molecule has 3 nitrogen and oxygen atoms in total. The van der Waals surface area contributed by atoms with Crippen molar-refractivity contribution in [3.05, 3.63) is 29.3 Å². The quantitative estimate of drug-likeness (QED) is 0.781. The Morgan fingerprint density at radius 2 is 2.07 bits per heavy atom. The summed E-state index contributed by atoms with van der Waals surface area (Å²) in [5, 5.41) is 5.12. The number of fused-ring (bicyclic) bond motifs is 1. The van der Waals surface area contributed by atoms with Gasteiger partial charge in [0.15, 0.2) is 0 Å². The highest BCUT2D eigenvalue weighted by atomic mass is 19.1. The van der Waals surface area contributed by atoms with Crippen molar-refractivity contribution in [2.45, 2.75) is 13.0 Å². The van der Waals surface area contributed by atoms with Crippen LogP contribution in [-0.4, -0.2) is 12.5 Å². The second-order valence-corrected chi connectivity index (χ2v) is 3.30. The van der Waals surface area contributed by atoms with Gasteiger partial charge in [-0.2, -0.15) is 0 Å². The van der Waals surface area contributed by atoms with Crippen LogP contribution in [-0.2, 0) is 4.79 Å². The second-order valence-electron chi connectivity index (χ2n) is 3.30. The number of anilines is 1. The van der Waals surface area contributed by atoms with Gasteiger partial charge in [0.2, 0.25) is 5.91 Å². The largest absolute Gasteiger partial charge is 0.322 e. The molecule has 1 unspecified atom stereocenters. The molecule has 1 heterocycles. The van der Waals surface area contributed by atoms with Gasteiger partial charge >= 0.3 is 0 Å². The molecule has 1 aromatic rings. The molecule has 2 N–H and O–H groups in total. The van der Waals surface area contributed by atoms with E-state index in [1.807, 2.05) is 0 Å². The molecular formula is C10H10F2N2O. The van der Waals surface area contributed by atoms with Gasteiger partial charge in [0.1, 0.15) is 17.7 Å². The summed E-state index contributed by atoms with van der Waals surface area (Å²) in [4.78, 5) is 11.4. The molecule has 0 radical (unpaired) electrons. The van der Waals surface area contributed by atoms with Gasteiger partial charge in [-0.05, 0) is 18.7 Å². The second kappa shape index (κ2) is 3.58. The van der Waals surface area contributed by atoms with Crippen molar-refractivity contribution >= 4 is 11.6 Å². The third kappa shape index (κ3) is 1.48. The normalized spacial score (nSPS) is 18.9. The van der Waals surface area contributed by atoms with Crippen LogP contribution < -0.4 is 10.6 Å². The van der Waals surface area contributed by atoms with Crippen LogP contribution in [0.1, 0.15) is 18.5 Å². The lowest BCUT2D eigenvalue weighted by molar-refractivity contribution is -0.117. The average Bonchev–Trinajstić information content (AvgIpc) is 2.53. The molecule has 1 atom stereocenters. The fourth-order valence-corrected chi connectivity index (χ4v) is 1.70. The molecule has 0 bridgehead atoms. The Kier molecular flexibility index (Phi) is 2.40. The van der Waals surface area contributed by atoms with E-state index in [1.165, 1.54) is 0 Å². The first-order chi connectivity index (χ1) is 7.15. The van der Waals surface area contributed by atoms with Gasteiger partial charge in [0.25, 0.3) is 0 Å². The van der Waals surface area contributed by atoms with Crippen LogP contribution in [0.3, 0.4) is 0 Å². The van der Waals surface area contributed by atoms with Crippen LogP contribution in [0.4, 0.5) is 14.5 Å². The van der Waals surface area contributed by atoms with Gasteiger partial charge in [-0.25, -0.2) is 8.78 Å². The Morgan fingerprint density at radius 1 is 1.40 bits per heavy atom. The summed E-state index contributed by atoms with van der Waals surface area (Å²) in [6.07, 6.45) is 0. The van der Waals surface area contributed by atoms with Gasteiger partial charge in [0, 0.05) is 5.56 Å². The maximum absolute atomic E-state index is 13.4. The number of carbonyl (C=O) groups is 1. The lowest BCUT2D eigenvalue weighted by Gasteiger charge is -2.09. The Morgan fingerprint density at radius 3 is 2.73 bits per heavy atom. The zero-order valence-corrected chi connectivity index (χ0v) is 8.10. The first-order valence-corrected chi connectivity index (χ1v) is 4.67. The van der Waals surface area contributed by atoms with E-state index in [1.54, 1.807) is 6.92 Å². The number of rotatable bonds is 2. The molecule has 15 heavy (non-hydrogen) atoms. The summed E-state index contributed by atoms with van der Waals surface area (Å²) in [5.74, 6) is -1.60. The monoisotopic (exact) mass is 212 g/mol. The van der Waals surface area contributed by atoms with Crippen molar-refractivity contribution in [1.82, 2.24) is 5.32 Å². The SMILES string of the molecule is CCNC1C(=O)Nc2c(F)ccc(F)c21.